The Morgan fingerprint density at radius 2 is 1.33 bits per heavy atom. The molecule has 1 N–H and O–H groups in total. The minimum Gasteiger partial charge on any atom is -0.389 e. The maximum absolute atomic E-state index is 10.4. The number of hydrogen-bond acceptors (Lipinski definition) is 4. The highest BCUT2D eigenvalue weighted by Gasteiger charge is 2.19. The van der Waals surface area contributed by atoms with Gasteiger partial charge in [0.1, 0.15) is 0 Å². The van der Waals surface area contributed by atoms with E-state index in [2.05, 4.69) is 65.3 Å². The minimum absolute atomic E-state index is 0.188. The molecule has 0 spiro atoms. The lowest BCUT2D eigenvalue weighted by atomic mass is 9.92. The van der Waals surface area contributed by atoms with E-state index in [1.807, 2.05) is 12.1 Å². The van der Waals surface area contributed by atoms with E-state index in [4.69, 9.17) is 4.74 Å². The van der Waals surface area contributed by atoms with Gasteiger partial charge in [0.15, 0.2) is 0 Å². The van der Waals surface area contributed by atoms with Crippen molar-refractivity contribution >= 4 is 0 Å². The minimum atomic E-state index is -0.439. The molecule has 3 rings (SSSR count). The fourth-order valence-electron chi connectivity index (χ4n) is 3.72. The highest BCUT2D eigenvalue weighted by atomic mass is 16.5. The second kappa shape index (κ2) is 10.6. The smallest absolute Gasteiger partial charge is 0.0900 e. The summed E-state index contributed by atoms with van der Waals surface area (Å²) in [4.78, 5) is 4.79. The first kappa shape index (κ1) is 20.0. The highest BCUT2D eigenvalue weighted by Crippen LogP contribution is 2.24. The second-order valence-corrected chi connectivity index (χ2v) is 7.30. The van der Waals surface area contributed by atoms with Crippen LogP contribution in [0.15, 0.2) is 60.7 Å². The first-order valence-electron chi connectivity index (χ1n) is 10.1. The van der Waals surface area contributed by atoms with Gasteiger partial charge in [-0.2, -0.15) is 0 Å². The topological polar surface area (TPSA) is 35.9 Å². The van der Waals surface area contributed by atoms with Crippen LogP contribution in [0.2, 0.25) is 0 Å². The number of aliphatic hydroxyl groups excluding tert-OH is 1. The number of rotatable bonds is 9. The molecule has 1 atom stereocenters. The molecule has 0 aliphatic carbocycles. The van der Waals surface area contributed by atoms with Crippen molar-refractivity contribution in [1.82, 2.24) is 9.80 Å². The first-order valence-corrected chi connectivity index (χ1v) is 10.1. The summed E-state index contributed by atoms with van der Waals surface area (Å²) in [5.74, 6) is 0.188. The predicted molar refractivity (Wildman–Crippen MR) is 110 cm³/mol. The second-order valence-electron chi connectivity index (χ2n) is 7.30. The Labute approximate surface area is 163 Å². The van der Waals surface area contributed by atoms with E-state index < -0.39 is 6.10 Å². The van der Waals surface area contributed by atoms with E-state index >= 15 is 0 Å². The van der Waals surface area contributed by atoms with E-state index in [1.54, 1.807) is 0 Å². The Morgan fingerprint density at radius 3 is 1.85 bits per heavy atom. The molecule has 0 amide bonds. The molecular formula is C23H32N2O2. The number of β-amino-alcohol motifs (C(OH)–C–C–N with tert-alkyl or cyclic N) is 1. The molecule has 146 valence electrons. The number of hydrogen-bond donors (Lipinski definition) is 1. The van der Waals surface area contributed by atoms with Crippen LogP contribution in [-0.2, 0) is 4.74 Å². The van der Waals surface area contributed by atoms with Crippen LogP contribution in [0.4, 0.5) is 0 Å². The summed E-state index contributed by atoms with van der Waals surface area (Å²) in [6.45, 7) is 9.21. The Hall–Kier alpha value is -1.72. The van der Waals surface area contributed by atoms with Crippen molar-refractivity contribution in [1.29, 1.82) is 0 Å². The summed E-state index contributed by atoms with van der Waals surface area (Å²) >= 11 is 0. The predicted octanol–water partition coefficient (Wildman–Crippen LogP) is 2.83. The van der Waals surface area contributed by atoms with Crippen molar-refractivity contribution in [2.45, 2.75) is 18.9 Å². The SMILES string of the molecule is CCN1CCN(C[C@@H](O)COCC(c2ccccc2)c2ccccc2)CC1. The van der Waals surface area contributed by atoms with Crippen LogP contribution >= 0.6 is 0 Å². The number of nitrogens with zero attached hydrogens (tertiary/aromatic N) is 2. The third kappa shape index (κ3) is 6.15. The van der Waals surface area contributed by atoms with Gasteiger partial charge in [0.2, 0.25) is 0 Å². The molecule has 1 fully saturated rings. The largest absolute Gasteiger partial charge is 0.389 e. The van der Waals surface area contributed by atoms with Crippen LogP contribution in [0, 0.1) is 0 Å². The number of aliphatic hydroxyl groups is 1. The van der Waals surface area contributed by atoms with Crippen LogP contribution in [-0.4, -0.2) is 73.5 Å². The molecule has 0 radical (unpaired) electrons. The van der Waals surface area contributed by atoms with E-state index in [-0.39, 0.29) is 5.92 Å². The van der Waals surface area contributed by atoms with Gasteiger partial charge in [-0.1, -0.05) is 67.6 Å². The zero-order chi connectivity index (χ0) is 18.9. The third-order valence-corrected chi connectivity index (χ3v) is 5.38. The lowest BCUT2D eigenvalue weighted by Crippen LogP contribution is -2.48. The van der Waals surface area contributed by atoms with E-state index in [9.17, 15) is 5.11 Å². The summed E-state index contributed by atoms with van der Waals surface area (Å²) in [7, 11) is 0. The van der Waals surface area contributed by atoms with E-state index in [0.29, 0.717) is 19.8 Å². The zero-order valence-corrected chi connectivity index (χ0v) is 16.3. The van der Waals surface area contributed by atoms with Crippen molar-refractivity contribution < 1.29 is 9.84 Å². The van der Waals surface area contributed by atoms with Crippen LogP contribution in [0.3, 0.4) is 0 Å². The monoisotopic (exact) mass is 368 g/mol. The fraction of sp³-hybridized carbons (Fsp3) is 0.478. The maximum atomic E-state index is 10.4. The van der Waals surface area contributed by atoms with Gasteiger partial charge in [0.25, 0.3) is 0 Å². The van der Waals surface area contributed by atoms with Crippen LogP contribution < -0.4 is 0 Å². The lowest BCUT2D eigenvalue weighted by molar-refractivity contribution is 0.00566. The average molecular weight is 369 g/mol. The summed E-state index contributed by atoms with van der Waals surface area (Å²) in [6.07, 6.45) is -0.439. The summed E-state index contributed by atoms with van der Waals surface area (Å²) in [5.41, 5.74) is 2.49. The van der Waals surface area contributed by atoms with E-state index in [0.717, 1.165) is 32.7 Å². The van der Waals surface area contributed by atoms with Gasteiger partial charge in [0.05, 0.1) is 19.3 Å². The summed E-state index contributed by atoms with van der Waals surface area (Å²) < 4.78 is 5.96. The number of likely N-dealkylation sites (N-methyl/N-ethyl adjacent to an activating group) is 1. The molecule has 0 aromatic heterocycles. The molecule has 1 heterocycles. The first-order chi connectivity index (χ1) is 13.3. The molecule has 4 heteroatoms. The Kier molecular flexibility index (Phi) is 7.84. The summed E-state index contributed by atoms with van der Waals surface area (Å²) in [6, 6.07) is 20.9. The average Bonchev–Trinajstić information content (AvgIpc) is 2.73. The lowest BCUT2D eigenvalue weighted by Gasteiger charge is -2.35. The molecule has 4 nitrogen and oxygen atoms in total. The highest BCUT2D eigenvalue weighted by molar-refractivity contribution is 5.32. The van der Waals surface area contributed by atoms with Crippen molar-refractivity contribution in [3.63, 3.8) is 0 Å². The third-order valence-electron chi connectivity index (χ3n) is 5.38. The molecule has 2 aromatic carbocycles. The molecule has 1 aliphatic heterocycles. The van der Waals surface area contributed by atoms with Crippen LogP contribution in [0.1, 0.15) is 24.0 Å². The van der Waals surface area contributed by atoms with Crippen molar-refractivity contribution in [2.24, 2.45) is 0 Å². The van der Waals surface area contributed by atoms with Crippen molar-refractivity contribution in [3.05, 3.63) is 71.8 Å². The quantitative estimate of drug-likeness (QED) is 0.738. The molecule has 1 saturated heterocycles. The van der Waals surface area contributed by atoms with E-state index in [1.165, 1.54) is 11.1 Å². The van der Waals surface area contributed by atoms with Crippen molar-refractivity contribution in [3.8, 4) is 0 Å². The Bertz CT molecular complexity index is 602. The van der Waals surface area contributed by atoms with Crippen LogP contribution in [0.25, 0.3) is 0 Å². The molecule has 0 unspecified atom stereocenters. The Balaban J connectivity index is 1.49. The number of piperazine rings is 1. The zero-order valence-electron chi connectivity index (χ0n) is 16.3. The van der Waals surface area contributed by atoms with Gasteiger partial charge in [-0.25, -0.2) is 0 Å². The molecular weight excluding hydrogens is 336 g/mol. The van der Waals surface area contributed by atoms with Crippen molar-refractivity contribution in [2.75, 3.05) is 52.5 Å². The maximum Gasteiger partial charge on any atom is 0.0900 e. The van der Waals surface area contributed by atoms with Gasteiger partial charge in [0, 0.05) is 38.6 Å². The van der Waals surface area contributed by atoms with Gasteiger partial charge < -0.3 is 14.7 Å². The van der Waals surface area contributed by atoms with Gasteiger partial charge in [-0.3, -0.25) is 4.90 Å². The van der Waals surface area contributed by atoms with Gasteiger partial charge in [-0.15, -0.1) is 0 Å². The fourth-order valence-corrected chi connectivity index (χ4v) is 3.72. The number of benzene rings is 2. The van der Waals surface area contributed by atoms with Gasteiger partial charge >= 0.3 is 0 Å². The normalized spacial score (nSPS) is 17.3. The molecule has 27 heavy (non-hydrogen) atoms. The summed E-state index contributed by atoms with van der Waals surface area (Å²) in [5, 5.41) is 10.4. The molecule has 1 aliphatic rings. The standard InChI is InChI=1S/C23H32N2O2/c1-2-24-13-15-25(16-14-24)17-22(26)18-27-19-23(20-9-5-3-6-10-20)21-11-7-4-8-12-21/h3-12,22-23,26H,2,13-19H2,1H3/t22-/m1/s1. The molecule has 2 aromatic rings. The Morgan fingerprint density at radius 1 is 0.815 bits per heavy atom. The number of ether oxygens (including phenoxy) is 1. The molecule has 0 bridgehead atoms. The van der Waals surface area contributed by atoms with Crippen LogP contribution in [0.5, 0.6) is 0 Å². The van der Waals surface area contributed by atoms with Gasteiger partial charge in [-0.05, 0) is 17.7 Å². The molecule has 0 saturated carbocycles.